The number of hydrogen-bond acceptors (Lipinski definition) is 6. The minimum Gasteiger partial charge on any atom is -0.496 e. The van der Waals surface area contributed by atoms with Gasteiger partial charge in [0.05, 0.1) is 22.6 Å². The van der Waals surface area contributed by atoms with Crippen molar-refractivity contribution in [3.63, 3.8) is 0 Å². The number of ether oxygens (including phenoxy) is 2. The second-order valence-corrected chi connectivity index (χ2v) is 12.8. The third-order valence-electron chi connectivity index (χ3n) is 7.06. The smallest absolute Gasteiger partial charge is 0.163 e. The lowest BCUT2D eigenvalue weighted by atomic mass is 9.85. The summed E-state index contributed by atoms with van der Waals surface area (Å²) in [6, 6.07) is 20.0. The van der Waals surface area contributed by atoms with Crippen LogP contribution in [0.2, 0.25) is 5.02 Å². The fraction of sp³-hybridized carbons (Fsp3) is 0.212. The fourth-order valence-electron chi connectivity index (χ4n) is 5.27. The Morgan fingerprint density at radius 3 is 2.40 bits per heavy atom. The predicted molar refractivity (Wildman–Crippen MR) is 168 cm³/mol. The maximum Gasteiger partial charge on any atom is 0.163 e. The van der Waals surface area contributed by atoms with Crippen molar-refractivity contribution < 1.29 is 27.2 Å². The Balaban J connectivity index is 1.58. The van der Waals surface area contributed by atoms with Gasteiger partial charge in [-0.15, -0.1) is 0 Å². The van der Waals surface area contributed by atoms with Crippen LogP contribution in [0, 0.1) is 12.7 Å². The first-order valence-electron chi connectivity index (χ1n) is 13.3. The van der Waals surface area contributed by atoms with Gasteiger partial charge in [0.2, 0.25) is 0 Å². The molecule has 1 aliphatic heterocycles. The van der Waals surface area contributed by atoms with Crippen LogP contribution in [0.4, 0.5) is 10.1 Å². The van der Waals surface area contributed by atoms with Gasteiger partial charge < -0.3 is 19.0 Å². The maximum absolute atomic E-state index is 14.1. The molecule has 0 unspecified atom stereocenters. The molecule has 0 saturated carbocycles. The number of methoxy groups -OCH3 is 1. The van der Waals surface area contributed by atoms with Gasteiger partial charge in [0.15, 0.2) is 10.9 Å². The van der Waals surface area contributed by atoms with Crippen molar-refractivity contribution in [3.8, 4) is 28.4 Å². The van der Waals surface area contributed by atoms with E-state index in [-0.39, 0.29) is 33.6 Å². The average Bonchev–Trinajstić information content (AvgIpc) is 2.92. The van der Waals surface area contributed by atoms with Gasteiger partial charge in [-0.1, -0.05) is 41.9 Å². The number of rotatable bonds is 8. The van der Waals surface area contributed by atoms with Crippen LogP contribution in [0.3, 0.4) is 0 Å². The molecule has 42 heavy (non-hydrogen) atoms. The summed E-state index contributed by atoms with van der Waals surface area (Å²) in [5.41, 5.74) is 6.11. The maximum atomic E-state index is 14.1. The Morgan fingerprint density at radius 2 is 1.67 bits per heavy atom. The largest absolute Gasteiger partial charge is 0.496 e. The summed E-state index contributed by atoms with van der Waals surface area (Å²) < 4.78 is 53.2. The summed E-state index contributed by atoms with van der Waals surface area (Å²) in [5.74, 6) is 0.743. The molecule has 6 nitrogen and oxygen atoms in total. The van der Waals surface area contributed by atoms with Crippen molar-refractivity contribution in [2.45, 2.75) is 44.7 Å². The topological polar surface area (TPSA) is 80.2 Å². The Morgan fingerprint density at radius 1 is 0.929 bits per heavy atom. The second-order valence-electron chi connectivity index (χ2n) is 10.8. The first-order valence-corrected chi connectivity index (χ1v) is 15.2. The fourth-order valence-corrected chi connectivity index (χ4v) is 6.74. The van der Waals surface area contributed by atoms with E-state index in [1.165, 1.54) is 25.3 Å². The zero-order valence-electron chi connectivity index (χ0n) is 24.0. The molecule has 0 radical (unpaired) electrons. The molecular weight excluding hydrogens is 577 g/mol. The number of benzene rings is 4. The van der Waals surface area contributed by atoms with E-state index < -0.39 is 10.9 Å². The first-order chi connectivity index (χ1) is 19.9. The normalized spacial score (nSPS) is 14.4. The summed E-state index contributed by atoms with van der Waals surface area (Å²) >= 11 is 6.19. The molecule has 4 aromatic rings. The van der Waals surface area contributed by atoms with Crippen molar-refractivity contribution in [1.29, 1.82) is 0 Å². The Labute approximate surface area is 252 Å². The minimum absolute atomic E-state index is 0.0918. The van der Waals surface area contributed by atoms with Crippen molar-refractivity contribution in [2.75, 3.05) is 12.4 Å². The second kappa shape index (κ2) is 11.5. The number of aryl methyl sites for hydroxylation is 1. The molecule has 0 saturated heterocycles. The lowest BCUT2D eigenvalue weighted by Gasteiger charge is -2.33. The number of fused-ring (bicyclic) bond motifs is 1. The first kappa shape index (κ1) is 29.8. The summed E-state index contributed by atoms with van der Waals surface area (Å²) in [4.78, 5) is 0.0918. The molecule has 9 heteroatoms. The van der Waals surface area contributed by atoms with Gasteiger partial charge in [0, 0.05) is 34.5 Å². The molecule has 0 aliphatic carbocycles. The number of allylic oxidation sites excluding steroid dienone is 1. The van der Waals surface area contributed by atoms with Gasteiger partial charge in [0.1, 0.15) is 29.7 Å². The summed E-state index contributed by atoms with van der Waals surface area (Å²) in [7, 11) is -2.15. The third kappa shape index (κ3) is 6.08. The lowest BCUT2D eigenvalue weighted by Crippen LogP contribution is -2.32. The van der Waals surface area contributed by atoms with E-state index in [1.54, 1.807) is 42.5 Å². The van der Waals surface area contributed by atoms with Gasteiger partial charge in [0.25, 0.3) is 0 Å². The summed E-state index contributed by atoms with van der Waals surface area (Å²) in [6.45, 7) is 8.32. The average molecular weight is 610 g/mol. The van der Waals surface area contributed by atoms with Crippen LogP contribution < -0.4 is 19.0 Å². The Kier molecular flexibility index (Phi) is 8.18. The highest BCUT2D eigenvalue weighted by molar-refractivity contribution is 8.20. The van der Waals surface area contributed by atoms with Gasteiger partial charge >= 0.3 is 0 Å². The third-order valence-corrected chi connectivity index (χ3v) is 8.86. The van der Waals surface area contributed by atoms with E-state index in [9.17, 15) is 13.5 Å². The molecule has 1 heterocycles. The van der Waals surface area contributed by atoms with Crippen LogP contribution in [0.15, 0.2) is 83.8 Å². The molecule has 0 amide bonds. The van der Waals surface area contributed by atoms with Crippen LogP contribution in [-0.2, 0) is 6.61 Å². The standard InChI is InChI=1S/C33H33ClFNO5S/c1-20-10-11-22(35)16-29(20)40-19-26-24(14-15-28-32(26)21(2)18-33(3,4)36-28)25-13-12-23(17-30(25)39-5)41-42(37,38)31-9-7-6-8-27(31)34/h6-18,36-38H,19H2,1-5H3. The van der Waals surface area contributed by atoms with Crippen LogP contribution in [-0.4, -0.2) is 21.8 Å². The van der Waals surface area contributed by atoms with E-state index in [2.05, 4.69) is 32.2 Å². The van der Waals surface area contributed by atoms with Crippen molar-refractivity contribution in [1.82, 2.24) is 0 Å². The van der Waals surface area contributed by atoms with Gasteiger partial charge in [-0.05, 0) is 80.8 Å². The molecule has 5 rings (SSSR count). The summed E-state index contributed by atoms with van der Waals surface area (Å²) in [6.07, 6.45) is 2.17. The van der Waals surface area contributed by atoms with E-state index in [4.69, 9.17) is 25.3 Å². The molecule has 4 aromatic carbocycles. The number of nitrogens with one attached hydrogen (secondary N) is 1. The van der Waals surface area contributed by atoms with Gasteiger partial charge in [-0.25, -0.2) is 4.39 Å². The van der Waals surface area contributed by atoms with Crippen LogP contribution >= 0.6 is 22.5 Å². The van der Waals surface area contributed by atoms with Crippen molar-refractivity contribution >= 4 is 33.7 Å². The zero-order valence-corrected chi connectivity index (χ0v) is 25.6. The number of hydrogen-bond donors (Lipinski definition) is 3. The molecule has 3 N–H and O–H groups in total. The van der Waals surface area contributed by atoms with E-state index in [0.717, 1.165) is 39.1 Å². The zero-order chi connectivity index (χ0) is 30.2. The predicted octanol–water partition coefficient (Wildman–Crippen LogP) is 9.75. The highest BCUT2D eigenvalue weighted by Crippen LogP contribution is 2.53. The Bertz CT molecular complexity index is 1690. The molecule has 0 fully saturated rings. The van der Waals surface area contributed by atoms with Crippen molar-refractivity contribution in [2.24, 2.45) is 0 Å². The van der Waals surface area contributed by atoms with Crippen LogP contribution in [0.1, 0.15) is 37.5 Å². The van der Waals surface area contributed by atoms with E-state index >= 15 is 0 Å². The van der Waals surface area contributed by atoms with Crippen LogP contribution in [0.5, 0.6) is 17.2 Å². The van der Waals surface area contributed by atoms with E-state index in [0.29, 0.717) is 11.5 Å². The lowest BCUT2D eigenvalue weighted by molar-refractivity contribution is 0.302. The van der Waals surface area contributed by atoms with E-state index in [1.807, 2.05) is 19.1 Å². The quantitative estimate of drug-likeness (QED) is 0.184. The minimum atomic E-state index is -3.69. The molecule has 0 atom stereocenters. The highest BCUT2D eigenvalue weighted by Gasteiger charge is 2.29. The summed E-state index contributed by atoms with van der Waals surface area (Å²) in [5, 5.41) is 3.77. The molecule has 1 aliphatic rings. The number of anilines is 1. The van der Waals surface area contributed by atoms with Crippen LogP contribution in [0.25, 0.3) is 16.7 Å². The van der Waals surface area contributed by atoms with Gasteiger partial charge in [-0.2, -0.15) is 0 Å². The number of halogens is 2. The highest BCUT2D eigenvalue weighted by atomic mass is 35.5. The van der Waals surface area contributed by atoms with Gasteiger partial charge in [-0.3, -0.25) is 9.11 Å². The molecule has 0 aromatic heterocycles. The Hall–Kier alpha value is -3.69. The molecular formula is C33H33ClFNO5S. The molecule has 220 valence electrons. The SMILES string of the molecule is COc1cc(OS(O)(O)c2ccccc2Cl)ccc1-c1ccc2c(c1COc1cc(F)ccc1C)C(C)=CC(C)(C)N2. The molecule has 0 bridgehead atoms. The van der Waals surface area contributed by atoms with Crippen molar-refractivity contribution in [3.05, 3.63) is 106 Å². The molecule has 0 spiro atoms. The monoisotopic (exact) mass is 609 g/mol.